The van der Waals surface area contributed by atoms with Gasteiger partial charge in [-0.25, -0.2) is 14.6 Å². The highest BCUT2D eigenvalue weighted by Gasteiger charge is 2.07. The molecule has 0 aliphatic rings. The van der Waals surface area contributed by atoms with Crippen molar-refractivity contribution in [2.24, 2.45) is 0 Å². The molecule has 16 heavy (non-hydrogen) atoms. The molecule has 78 valence electrons. The highest BCUT2D eigenvalue weighted by atomic mass is 15.3. The van der Waals surface area contributed by atoms with E-state index in [9.17, 15) is 0 Å². The second kappa shape index (κ2) is 3.41. The van der Waals surface area contributed by atoms with Crippen molar-refractivity contribution in [1.82, 2.24) is 19.7 Å². The lowest BCUT2D eigenvalue weighted by Crippen LogP contribution is -1.97. The van der Waals surface area contributed by atoms with Crippen molar-refractivity contribution in [3.05, 3.63) is 48.5 Å². The summed E-state index contributed by atoms with van der Waals surface area (Å²) in [6.45, 7) is 1.96. The summed E-state index contributed by atoms with van der Waals surface area (Å²) in [5.74, 6) is 0. The van der Waals surface area contributed by atoms with E-state index in [0.717, 1.165) is 22.4 Å². The van der Waals surface area contributed by atoms with Crippen LogP contribution in [0.1, 0.15) is 5.69 Å². The van der Waals surface area contributed by atoms with E-state index in [1.54, 1.807) is 12.5 Å². The Balaban J connectivity index is 2.30. The topological polar surface area (TPSA) is 43.6 Å². The first kappa shape index (κ1) is 9.03. The number of para-hydroxylation sites is 1. The lowest BCUT2D eigenvalue weighted by molar-refractivity contribution is 0.894. The Morgan fingerprint density at radius 1 is 1.06 bits per heavy atom. The third-order valence-corrected chi connectivity index (χ3v) is 2.57. The second-order valence-corrected chi connectivity index (χ2v) is 3.59. The van der Waals surface area contributed by atoms with Crippen molar-refractivity contribution < 1.29 is 0 Å². The minimum Gasteiger partial charge on any atom is -0.241 e. The second-order valence-electron chi connectivity index (χ2n) is 3.59. The van der Waals surface area contributed by atoms with Crippen LogP contribution in [0.3, 0.4) is 0 Å². The molecule has 0 saturated heterocycles. The molecule has 0 unspecified atom stereocenters. The molecule has 0 atom stereocenters. The van der Waals surface area contributed by atoms with E-state index in [2.05, 4.69) is 15.1 Å². The van der Waals surface area contributed by atoms with Crippen LogP contribution in [0.15, 0.2) is 42.9 Å². The Kier molecular flexibility index (Phi) is 1.93. The van der Waals surface area contributed by atoms with Crippen LogP contribution in [0, 0.1) is 6.92 Å². The standard InChI is InChI=1S/C12H10N4/c1-9-11-7-15-16(12(11)14-8-13-9)10-5-3-2-4-6-10/h2-8H,1H3. The summed E-state index contributed by atoms with van der Waals surface area (Å²) < 4.78 is 1.82. The first-order valence-electron chi connectivity index (χ1n) is 5.07. The highest BCUT2D eigenvalue weighted by molar-refractivity contribution is 5.78. The Morgan fingerprint density at radius 2 is 1.88 bits per heavy atom. The Morgan fingerprint density at radius 3 is 2.69 bits per heavy atom. The van der Waals surface area contributed by atoms with Gasteiger partial charge >= 0.3 is 0 Å². The molecule has 2 aromatic heterocycles. The van der Waals surface area contributed by atoms with Crippen LogP contribution >= 0.6 is 0 Å². The maximum Gasteiger partial charge on any atom is 0.166 e. The molecule has 0 spiro atoms. The van der Waals surface area contributed by atoms with E-state index in [1.165, 1.54) is 0 Å². The van der Waals surface area contributed by atoms with E-state index in [4.69, 9.17) is 0 Å². The Labute approximate surface area is 92.6 Å². The van der Waals surface area contributed by atoms with Crippen molar-refractivity contribution in [3.8, 4) is 5.69 Å². The fraction of sp³-hybridized carbons (Fsp3) is 0.0833. The number of fused-ring (bicyclic) bond motifs is 1. The number of nitrogens with zero attached hydrogens (tertiary/aromatic N) is 4. The van der Waals surface area contributed by atoms with Crippen molar-refractivity contribution in [3.63, 3.8) is 0 Å². The van der Waals surface area contributed by atoms with Crippen LogP contribution in [0.25, 0.3) is 16.7 Å². The molecule has 0 aliphatic carbocycles. The Hall–Kier alpha value is -2.23. The first-order valence-corrected chi connectivity index (χ1v) is 5.07. The average molecular weight is 210 g/mol. The number of hydrogen-bond donors (Lipinski definition) is 0. The summed E-state index contributed by atoms with van der Waals surface area (Å²) in [6, 6.07) is 9.96. The van der Waals surface area contributed by atoms with Crippen LogP contribution in [-0.4, -0.2) is 19.7 Å². The minimum absolute atomic E-state index is 0.846. The molecule has 2 heterocycles. The predicted molar refractivity (Wildman–Crippen MR) is 61.4 cm³/mol. The molecule has 0 radical (unpaired) electrons. The van der Waals surface area contributed by atoms with Gasteiger partial charge < -0.3 is 0 Å². The molecule has 0 N–H and O–H groups in total. The SMILES string of the molecule is Cc1ncnc2c1cnn2-c1ccccc1. The van der Waals surface area contributed by atoms with Crippen molar-refractivity contribution >= 4 is 11.0 Å². The third kappa shape index (κ3) is 1.27. The van der Waals surface area contributed by atoms with Crippen LogP contribution in [0.2, 0.25) is 0 Å². The van der Waals surface area contributed by atoms with E-state index in [1.807, 2.05) is 41.9 Å². The van der Waals surface area contributed by atoms with Crippen molar-refractivity contribution in [2.45, 2.75) is 6.92 Å². The smallest absolute Gasteiger partial charge is 0.166 e. The van der Waals surface area contributed by atoms with Crippen molar-refractivity contribution in [2.75, 3.05) is 0 Å². The average Bonchev–Trinajstić information content (AvgIpc) is 2.75. The molecular formula is C12H10N4. The van der Waals surface area contributed by atoms with E-state index in [-0.39, 0.29) is 0 Å². The molecule has 0 bridgehead atoms. The molecule has 0 amide bonds. The zero-order chi connectivity index (χ0) is 11.0. The number of benzene rings is 1. The van der Waals surface area contributed by atoms with Crippen LogP contribution < -0.4 is 0 Å². The molecule has 4 nitrogen and oxygen atoms in total. The molecule has 3 aromatic rings. The van der Waals surface area contributed by atoms with Gasteiger partial charge in [0.15, 0.2) is 5.65 Å². The first-order chi connectivity index (χ1) is 7.86. The van der Waals surface area contributed by atoms with Gasteiger partial charge in [-0.3, -0.25) is 0 Å². The van der Waals surface area contributed by atoms with E-state index in [0.29, 0.717) is 0 Å². The lowest BCUT2D eigenvalue weighted by atomic mass is 10.3. The largest absolute Gasteiger partial charge is 0.241 e. The molecule has 3 rings (SSSR count). The number of aryl methyl sites for hydroxylation is 1. The summed E-state index contributed by atoms with van der Waals surface area (Å²) in [5.41, 5.74) is 2.81. The van der Waals surface area contributed by atoms with E-state index >= 15 is 0 Å². The maximum atomic E-state index is 4.34. The van der Waals surface area contributed by atoms with Gasteiger partial charge in [0.25, 0.3) is 0 Å². The summed E-state index contributed by atoms with van der Waals surface area (Å²) in [5, 5.41) is 5.33. The van der Waals surface area contributed by atoms with Gasteiger partial charge in [0, 0.05) is 0 Å². The van der Waals surface area contributed by atoms with Gasteiger partial charge in [0.05, 0.1) is 23.0 Å². The molecule has 0 aliphatic heterocycles. The Bertz CT molecular complexity index is 628. The van der Waals surface area contributed by atoms with Crippen molar-refractivity contribution in [1.29, 1.82) is 0 Å². The minimum atomic E-state index is 0.846. The fourth-order valence-corrected chi connectivity index (χ4v) is 1.72. The van der Waals surface area contributed by atoms with Gasteiger partial charge in [-0.1, -0.05) is 18.2 Å². The molecule has 4 heteroatoms. The summed E-state index contributed by atoms with van der Waals surface area (Å²) >= 11 is 0. The van der Waals surface area contributed by atoms with E-state index < -0.39 is 0 Å². The third-order valence-electron chi connectivity index (χ3n) is 2.57. The lowest BCUT2D eigenvalue weighted by Gasteiger charge is -2.01. The zero-order valence-electron chi connectivity index (χ0n) is 8.83. The summed E-state index contributed by atoms with van der Waals surface area (Å²) in [6.07, 6.45) is 3.37. The van der Waals surface area contributed by atoms with Gasteiger partial charge in [-0.05, 0) is 19.1 Å². The number of hydrogen-bond acceptors (Lipinski definition) is 3. The molecule has 0 saturated carbocycles. The van der Waals surface area contributed by atoms with Gasteiger partial charge in [-0.2, -0.15) is 5.10 Å². The van der Waals surface area contributed by atoms with Gasteiger partial charge in [-0.15, -0.1) is 0 Å². The molecule has 0 fully saturated rings. The van der Waals surface area contributed by atoms with Crippen LogP contribution in [-0.2, 0) is 0 Å². The highest BCUT2D eigenvalue weighted by Crippen LogP contribution is 2.17. The quantitative estimate of drug-likeness (QED) is 0.618. The monoisotopic (exact) mass is 210 g/mol. The summed E-state index contributed by atoms with van der Waals surface area (Å²) in [7, 11) is 0. The fourth-order valence-electron chi connectivity index (χ4n) is 1.72. The zero-order valence-corrected chi connectivity index (χ0v) is 8.83. The predicted octanol–water partition coefficient (Wildman–Crippen LogP) is 2.12. The van der Waals surface area contributed by atoms with Crippen LogP contribution in [0.4, 0.5) is 0 Å². The number of aromatic nitrogens is 4. The molecule has 1 aromatic carbocycles. The maximum absolute atomic E-state index is 4.34. The summed E-state index contributed by atoms with van der Waals surface area (Å²) in [4.78, 5) is 8.42. The number of rotatable bonds is 1. The molecular weight excluding hydrogens is 200 g/mol. The van der Waals surface area contributed by atoms with Gasteiger partial charge in [0.2, 0.25) is 0 Å². The normalized spacial score (nSPS) is 10.8. The van der Waals surface area contributed by atoms with Crippen LogP contribution in [0.5, 0.6) is 0 Å². The van der Waals surface area contributed by atoms with Gasteiger partial charge in [0.1, 0.15) is 6.33 Å².